The molecule has 1 fully saturated rings. The average molecular weight is 345 g/mol. The van der Waals surface area contributed by atoms with Crippen LogP contribution in [0.4, 0.5) is 0 Å². The zero-order valence-electron chi connectivity index (χ0n) is 15.6. The monoisotopic (exact) mass is 344 g/mol. The molecule has 0 spiro atoms. The molecule has 5 heteroatoms. The second-order valence-corrected chi connectivity index (χ2v) is 6.81. The maximum atomic E-state index is 11.7. The third kappa shape index (κ3) is 5.76. The first-order valence-electron chi connectivity index (χ1n) is 9.47. The summed E-state index contributed by atoms with van der Waals surface area (Å²) in [4.78, 5) is 16.0. The molecule has 0 atom stereocenters. The van der Waals surface area contributed by atoms with Gasteiger partial charge >= 0.3 is 0 Å². The van der Waals surface area contributed by atoms with Crippen LogP contribution in [0.2, 0.25) is 0 Å². The molecule has 138 valence electrons. The van der Waals surface area contributed by atoms with Crippen LogP contribution < -0.4 is 16.0 Å². The van der Waals surface area contributed by atoms with Crippen molar-refractivity contribution in [2.24, 2.45) is 4.99 Å². The lowest BCUT2D eigenvalue weighted by molar-refractivity contribution is -0.120. The highest BCUT2D eigenvalue weighted by Crippen LogP contribution is 2.40. The highest BCUT2D eigenvalue weighted by atomic mass is 16.1. The Bertz CT molecular complexity index is 550. The second-order valence-electron chi connectivity index (χ2n) is 6.81. The van der Waals surface area contributed by atoms with Crippen LogP contribution in [0.25, 0.3) is 0 Å². The normalized spacial score (nSPS) is 16.5. The maximum Gasteiger partial charge on any atom is 0.221 e. The number of nitrogens with one attached hydrogen (secondary N) is 3. The fraction of sp³-hybridized carbons (Fsp3) is 0.600. The van der Waals surface area contributed by atoms with E-state index in [1.807, 2.05) is 0 Å². The minimum atomic E-state index is 0.0846. The number of carbonyl (C=O) groups excluding carboxylic acids is 1. The van der Waals surface area contributed by atoms with Crippen LogP contribution in [-0.2, 0) is 10.2 Å². The molecule has 1 amide bonds. The van der Waals surface area contributed by atoms with Crippen LogP contribution in [0.1, 0.15) is 51.0 Å². The van der Waals surface area contributed by atoms with Gasteiger partial charge in [0.25, 0.3) is 0 Å². The van der Waals surface area contributed by atoms with Gasteiger partial charge in [-0.3, -0.25) is 9.79 Å². The van der Waals surface area contributed by atoms with Gasteiger partial charge in [-0.2, -0.15) is 0 Å². The summed E-state index contributed by atoms with van der Waals surface area (Å²) in [6, 6.07) is 10.8. The Morgan fingerprint density at radius 2 is 1.80 bits per heavy atom. The summed E-state index contributed by atoms with van der Waals surface area (Å²) in [5, 5.41) is 9.61. The lowest BCUT2D eigenvalue weighted by Gasteiger charge is -2.30. The Morgan fingerprint density at radius 3 is 2.44 bits per heavy atom. The summed E-state index contributed by atoms with van der Waals surface area (Å²) in [5.74, 6) is 0.854. The van der Waals surface area contributed by atoms with Gasteiger partial charge in [-0.25, -0.2) is 0 Å². The Morgan fingerprint density at radius 1 is 1.08 bits per heavy atom. The maximum absolute atomic E-state index is 11.7. The number of carbonyl (C=O) groups is 1. The van der Waals surface area contributed by atoms with E-state index in [1.165, 1.54) is 31.2 Å². The minimum absolute atomic E-state index is 0.0846. The van der Waals surface area contributed by atoms with Gasteiger partial charge < -0.3 is 16.0 Å². The van der Waals surface area contributed by atoms with E-state index in [4.69, 9.17) is 0 Å². The van der Waals surface area contributed by atoms with Crippen molar-refractivity contribution >= 4 is 11.9 Å². The van der Waals surface area contributed by atoms with Crippen LogP contribution >= 0.6 is 0 Å². The minimum Gasteiger partial charge on any atom is -0.356 e. The summed E-state index contributed by atoms with van der Waals surface area (Å²) in [6.07, 6.45) is 6.40. The second kappa shape index (κ2) is 10.1. The Labute approximate surface area is 151 Å². The molecule has 0 unspecified atom stereocenters. The molecule has 5 nitrogen and oxygen atoms in total. The molecule has 0 bridgehead atoms. The molecular weight excluding hydrogens is 312 g/mol. The van der Waals surface area contributed by atoms with Crippen molar-refractivity contribution in [2.75, 3.05) is 26.7 Å². The largest absolute Gasteiger partial charge is 0.356 e. The zero-order valence-corrected chi connectivity index (χ0v) is 15.6. The van der Waals surface area contributed by atoms with Crippen LogP contribution in [0.15, 0.2) is 35.3 Å². The van der Waals surface area contributed by atoms with E-state index in [2.05, 4.69) is 58.2 Å². The number of hydrogen-bond acceptors (Lipinski definition) is 2. The van der Waals surface area contributed by atoms with Crippen molar-refractivity contribution in [1.82, 2.24) is 16.0 Å². The van der Waals surface area contributed by atoms with Crippen LogP contribution in [0.5, 0.6) is 0 Å². The predicted molar refractivity (Wildman–Crippen MR) is 104 cm³/mol. The smallest absolute Gasteiger partial charge is 0.221 e. The van der Waals surface area contributed by atoms with Crippen molar-refractivity contribution < 1.29 is 4.79 Å². The number of rotatable bonds is 8. The van der Waals surface area contributed by atoms with Crippen molar-refractivity contribution in [3.63, 3.8) is 0 Å². The molecule has 2 rings (SSSR count). The topological polar surface area (TPSA) is 65.5 Å². The first-order chi connectivity index (χ1) is 12.2. The molecule has 3 N–H and O–H groups in total. The van der Waals surface area contributed by atoms with Gasteiger partial charge in [-0.05, 0) is 24.8 Å². The van der Waals surface area contributed by atoms with E-state index in [9.17, 15) is 4.79 Å². The summed E-state index contributed by atoms with van der Waals surface area (Å²) < 4.78 is 0. The quantitative estimate of drug-likeness (QED) is 0.502. The summed E-state index contributed by atoms with van der Waals surface area (Å²) in [6.45, 7) is 4.26. The van der Waals surface area contributed by atoms with Gasteiger partial charge in [0.15, 0.2) is 5.96 Å². The molecular formula is C20H32N4O. The Hall–Kier alpha value is -2.04. The number of benzene rings is 1. The Balaban J connectivity index is 1.83. The van der Waals surface area contributed by atoms with Gasteiger partial charge in [0.1, 0.15) is 0 Å². The molecule has 0 aromatic heterocycles. The highest BCUT2D eigenvalue weighted by Gasteiger charge is 2.35. The fourth-order valence-corrected chi connectivity index (χ4v) is 3.53. The lowest BCUT2D eigenvalue weighted by atomic mass is 9.79. The number of guanidine groups is 1. The summed E-state index contributed by atoms with van der Waals surface area (Å²) in [5.41, 5.74) is 1.60. The van der Waals surface area contributed by atoms with Crippen LogP contribution in [0.3, 0.4) is 0 Å². The first kappa shape index (κ1) is 19.3. The third-order valence-electron chi connectivity index (χ3n) is 4.98. The third-order valence-corrected chi connectivity index (χ3v) is 4.98. The molecule has 0 aliphatic heterocycles. The van der Waals surface area contributed by atoms with Gasteiger partial charge in [0.2, 0.25) is 5.91 Å². The van der Waals surface area contributed by atoms with Crippen LogP contribution in [0, 0.1) is 0 Å². The molecule has 1 aliphatic carbocycles. The standard InChI is InChI=1S/C20H32N4O/c1-3-14-22-18(25)11-15-23-19(21-2)24-16-20(12-7-8-13-20)17-9-5-4-6-10-17/h4-6,9-10H,3,7-8,11-16H2,1-2H3,(H,22,25)(H2,21,23,24). The number of amides is 1. The summed E-state index contributed by atoms with van der Waals surface area (Å²) >= 11 is 0. The molecule has 25 heavy (non-hydrogen) atoms. The zero-order chi connectivity index (χ0) is 18.0. The van der Waals surface area contributed by atoms with E-state index in [0.717, 1.165) is 25.5 Å². The number of hydrogen-bond donors (Lipinski definition) is 3. The van der Waals surface area contributed by atoms with Gasteiger partial charge in [-0.15, -0.1) is 0 Å². The molecule has 1 aliphatic rings. The van der Waals surface area contributed by atoms with Gasteiger partial charge in [0, 0.05) is 38.5 Å². The van der Waals surface area contributed by atoms with Gasteiger partial charge in [-0.1, -0.05) is 50.1 Å². The number of aliphatic imine (C=N–C) groups is 1. The predicted octanol–water partition coefficient (Wildman–Crippen LogP) is 2.58. The fourth-order valence-electron chi connectivity index (χ4n) is 3.53. The number of nitrogens with zero attached hydrogens (tertiary/aromatic N) is 1. The van der Waals surface area contributed by atoms with E-state index >= 15 is 0 Å². The molecule has 0 saturated heterocycles. The first-order valence-corrected chi connectivity index (χ1v) is 9.47. The van der Waals surface area contributed by atoms with E-state index < -0.39 is 0 Å². The van der Waals surface area contributed by atoms with Crippen molar-refractivity contribution in [3.05, 3.63) is 35.9 Å². The molecule has 1 aromatic carbocycles. The summed E-state index contributed by atoms with van der Waals surface area (Å²) in [7, 11) is 1.77. The lowest BCUT2D eigenvalue weighted by Crippen LogP contribution is -2.45. The average Bonchev–Trinajstić information content (AvgIpc) is 3.13. The SMILES string of the molecule is CCCNC(=O)CCNC(=NC)NCC1(c2ccccc2)CCCC1. The van der Waals surface area contributed by atoms with Crippen molar-refractivity contribution in [3.8, 4) is 0 Å². The molecule has 0 heterocycles. The van der Waals surface area contributed by atoms with Crippen LogP contribution in [-0.4, -0.2) is 38.5 Å². The van der Waals surface area contributed by atoms with E-state index in [-0.39, 0.29) is 11.3 Å². The molecule has 1 aromatic rings. The molecule has 1 saturated carbocycles. The van der Waals surface area contributed by atoms with E-state index in [1.54, 1.807) is 7.05 Å². The van der Waals surface area contributed by atoms with Crippen molar-refractivity contribution in [1.29, 1.82) is 0 Å². The molecule has 0 radical (unpaired) electrons. The van der Waals surface area contributed by atoms with Gasteiger partial charge in [0.05, 0.1) is 0 Å². The van der Waals surface area contributed by atoms with Crippen molar-refractivity contribution in [2.45, 2.75) is 50.9 Å². The highest BCUT2D eigenvalue weighted by molar-refractivity contribution is 5.81. The Kier molecular flexibility index (Phi) is 7.76. The van der Waals surface area contributed by atoms with E-state index in [0.29, 0.717) is 13.0 Å².